The van der Waals surface area contributed by atoms with E-state index in [-0.39, 0.29) is 30.8 Å². The molecule has 1 N–H and O–H groups in total. The number of carbonyl (C=O) groups is 2. The van der Waals surface area contributed by atoms with E-state index < -0.39 is 17.7 Å². The smallest absolute Gasteiger partial charge is 0.295 e. The van der Waals surface area contributed by atoms with Crippen LogP contribution in [0.3, 0.4) is 0 Å². The lowest BCUT2D eigenvalue weighted by Gasteiger charge is -2.26. The van der Waals surface area contributed by atoms with Gasteiger partial charge in [0.2, 0.25) is 6.79 Å². The number of aliphatic hydroxyl groups is 1. The van der Waals surface area contributed by atoms with Crippen molar-refractivity contribution in [1.82, 2.24) is 4.90 Å². The maximum Gasteiger partial charge on any atom is 0.295 e. The van der Waals surface area contributed by atoms with E-state index in [2.05, 4.69) is 0 Å². The standard InChI is InChI=1S/C26H29NO8/c1-15(2)33-11-5-10-27-23(16-6-8-18(31-3)20(12-16)32-4)22(25(29)26(27)30)24(28)17-7-9-19-21(13-17)35-14-34-19/h6-9,12-13,15,23,28H,5,10-11,14H2,1-4H3/b24-22+. The highest BCUT2D eigenvalue weighted by atomic mass is 16.7. The van der Waals surface area contributed by atoms with Gasteiger partial charge in [-0.1, -0.05) is 6.07 Å². The fourth-order valence-electron chi connectivity index (χ4n) is 4.23. The van der Waals surface area contributed by atoms with Gasteiger partial charge in [-0.25, -0.2) is 0 Å². The summed E-state index contributed by atoms with van der Waals surface area (Å²) in [5.74, 6) is 0.222. The molecule has 2 aliphatic heterocycles. The number of fused-ring (bicyclic) bond motifs is 1. The molecule has 9 heteroatoms. The lowest BCUT2D eigenvalue weighted by Crippen LogP contribution is -2.31. The van der Waals surface area contributed by atoms with E-state index in [0.717, 1.165) is 0 Å². The van der Waals surface area contributed by atoms with Crippen LogP contribution in [0.5, 0.6) is 23.0 Å². The maximum absolute atomic E-state index is 13.2. The molecule has 2 heterocycles. The Morgan fingerprint density at radius 2 is 1.80 bits per heavy atom. The minimum atomic E-state index is -0.820. The van der Waals surface area contributed by atoms with Crippen LogP contribution < -0.4 is 18.9 Å². The molecule has 0 saturated carbocycles. The van der Waals surface area contributed by atoms with Gasteiger partial charge in [0.15, 0.2) is 23.0 Å². The molecule has 1 saturated heterocycles. The summed E-state index contributed by atoms with van der Waals surface area (Å²) in [5, 5.41) is 11.3. The maximum atomic E-state index is 13.2. The molecule has 0 aliphatic carbocycles. The molecule has 9 nitrogen and oxygen atoms in total. The van der Waals surface area contributed by atoms with Crippen LogP contribution in [0.4, 0.5) is 0 Å². The van der Waals surface area contributed by atoms with E-state index in [0.29, 0.717) is 47.2 Å². The molecule has 0 radical (unpaired) electrons. The molecule has 1 amide bonds. The average Bonchev–Trinajstić information content (AvgIpc) is 3.43. The fourth-order valence-corrected chi connectivity index (χ4v) is 4.23. The van der Waals surface area contributed by atoms with Crippen molar-refractivity contribution in [2.24, 2.45) is 0 Å². The van der Waals surface area contributed by atoms with Gasteiger partial charge in [0.05, 0.1) is 31.9 Å². The lowest BCUT2D eigenvalue weighted by molar-refractivity contribution is -0.140. The molecule has 1 fully saturated rings. The highest BCUT2D eigenvalue weighted by Gasteiger charge is 2.46. The molecule has 0 bridgehead atoms. The highest BCUT2D eigenvalue weighted by Crippen LogP contribution is 2.43. The molecule has 2 aromatic carbocycles. The Morgan fingerprint density at radius 3 is 2.51 bits per heavy atom. The predicted octanol–water partition coefficient (Wildman–Crippen LogP) is 3.67. The molecule has 0 spiro atoms. The van der Waals surface area contributed by atoms with Gasteiger partial charge < -0.3 is 33.7 Å². The van der Waals surface area contributed by atoms with Crippen molar-refractivity contribution in [2.75, 3.05) is 34.2 Å². The molecular formula is C26H29NO8. The van der Waals surface area contributed by atoms with Crippen molar-refractivity contribution >= 4 is 17.4 Å². The molecule has 2 aliphatic rings. The first-order chi connectivity index (χ1) is 16.8. The van der Waals surface area contributed by atoms with Crippen LogP contribution in [0.1, 0.15) is 37.4 Å². The molecule has 2 aromatic rings. The third-order valence-electron chi connectivity index (χ3n) is 5.90. The Labute approximate surface area is 203 Å². The number of ketones is 1. The SMILES string of the molecule is COc1ccc(C2/C(=C(\O)c3ccc4c(c3)OCO4)C(=O)C(=O)N2CCCOC(C)C)cc1OC. The zero-order chi connectivity index (χ0) is 25.1. The predicted molar refractivity (Wildman–Crippen MR) is 127 cm³/mol. The van der Waals surface area contributed by atoms with Crippen LogP contribution >= 0.6 is 0 Å². The number of nitrogens with zero attached hydrogens (tertiary/aromatic N) is 1. The van der Waals surface area contributed by atoms with Crippen LogP contribution in [0, 0.1) is 0 Å². The topological polar surface area (TPSA) is 104 Å². The van der Waals surface area contributed by atoms with Crippen molar-refractivity contribution in [3.8, 4) is 23.0 Å². The van der Waals surface area contributed by atoms with Crippen molar-refractivity contribution in [1.29, 1.82) is 0 Å². The van der Waals surface area contributed by atoms with Crippen molar-refractivity contribution in [3.05, 3.63) is 53.1 Å². The number of amides is 1. The first kappa shape index (κ1) is 24.4. The van der Waals surface area contributed by atoms with E-state index in [1.54, 1.807) is 36.4 Å². The van der Waals surface area contributed by atoms with Crippen LogP contribution in [-0.4, -0.2) is 62.0 Å². The number of ether oxygens (including phenoxy) is 5. The summed E-state index contributed by atoms with van der Waals surface area (Å²) in [6.07, 6.45) is 0.581. The van der Waals surface area contributed by atoms with E-state index >= 15 is 0 Å². The minimum absolute atomic E-state index is 0.00846. The van der Waals surface area contributed by atoms with Crippen LogP contribution in [0.15, 0.2) is 42.0 Å². The van der Waals surface area contributed by atoms with Gasteiger partial charge in [0, 0.05) is 18.7 Å². The number of Topliss-reactive ketones (excluding diaryl/α,β-unsaturated/α-hetero) is 1. The van der Waals surface area contributed by atoms with Crippen molar-refractivity contribution < 1.29 is 38.4 Å². The summed E-state index contributed by atoms with van der Waals surface area (Å²) in [4.78, 5) is 27.8. The Hall–Kier alpha value is -3.72. The molecule has 186 valence electrons. The van der Waals surface area contributed by atoms with Gasteiger partial charge in [0.1, 0.15) is 5.76 Å². The molecule has 35 heavy (non-hydrogen) atoms. The van der Waals surface area contributed by atoms with Crippen LogP contribution in [0.2, 0.25) is 0 Å². The zero-order valence-corrected chi connectivity index (χ0v) is 20.2. The summed E-state index contributed by atoms with van der Waals surface area (Å²) < 4.78 is 27.1. The number of likely N-dealkylation sites (tertiary alicyclic amines) is 1. The number of methoxy groups -OCH3 is 2. The average molecular weight is 484 g/mol. The second-order valence-corrected chi connectivity index (χ2v) is 8.45. The summed E-state index contributed by atoms with van der Waals surface area (Å²) >= 11 is 0. The lowest BCUT2D eigenvalue weighted by atomic mass is 9.94. The Kier molecular flexibility index (Phi) is 7.16. The first-order valence-corrected chi connectivity index (χ1v) is 11.4. The monoisotopic (exact) mass is 483 g/mol. The normalized spacial score (nSPS) is 18.4. The quantitative estimate of drug-likeness (QED) is 0.249. The highest BCUT2D eigenvalue weighted by molar-refractivity contribution is 6.46. The van der Waals surface area contributed by atoms with Crippen LogP contribution in [0.25, 0.3) is 5.76 Å². The third-order valence-corrected chi connectivity index (χ3v) is 5.90. The van der Waals surface area contributed by atoms with Gasteiger partial charge in [-0.2, -0.15) is 0 Å². The molecule has 4 rings (SSSR count). The van der Waals surface area contributed by atoms with Crippen molar-refractivity contribution in [3.63, 3.8) is 0 Å². The second kappa shape index (κ2) is 10.3. The number of rotatable bonds is 9. The summed E-state index contributed by atoms with van der Waals surface area (Å²) in [6.45, 7) is 4.65. The Balaban J connectivity index is 1.78. The number of aliphatic hydroxyl groups excluding tert-OH is 1. The number of hydrogen-bond donors (Lipinski definition) is 1. The van der Waals surface area contributed by atoms with Gasteiger partial charge in [-0.05, 0) is 56.2 Å². The van der Waals surface area contributed by atoms with Crippen LogP contribution in [-0.2, 0) is 14.3 Å². The van der Waals surface area contributed by atoms with Gasteiger partial charge >= 0.3 is 0 Å². The summed E-state index contributed by atoms with van der Waals surface area (Å²) in [5.41, 5.74) is 0.945. The van der Waals surface area contributed by atoms with E-state index in [1.807, 2.05) is 13.8 Å². The number of benzene rings is 2. The third kappa shape index (κ3) is 4.77. The molecule has 0 aromatic heterocycles. The summed E-state index contributed by atoms with van der Waals surface area (Å²) in [6, 6.07) is 9.21. The van der Waals surface area contributed by atoms with Crippen molar-refractivity contribution in [2.45, 2.75) is 32.4 Å². The molecular weight excluding hydrogens is 454 g/mol. The molecule has 1 atom stereocenters. The Bertz CT molecular complexity index is 1160. The first-order valence-electron chi connectivity index (χ1n) is 11.4. The van der Waals surface area contributed by atoms with E-state index in [9.17, 15) is 14.7 Å². The zero-order valence-electron chi connectivity index (χ0n) is 20.2. The summed E-state index contributed by atoms with van der Waals surface area (Å²) in [7, 11) is 3.03. The second-order valence-electron chi connectivity index (χ2n) is 8.45. The molecule has 1 unspecified atom stereocenters. The minimum Gasteiger partial charge on any atom is -0.507 e. The Morgan fingerprint density at radius 1 is 1.06 bits per heavy atom. The van der Waals surface area contributed by atoms with Gasteiger partial charge in [-0.15, -0.1) is 0 Å². The van der Waals surface area contributed by atoms with E-state index in [4.69, 9.17) is 23.7 Å². The fraction of sp³-hybridized carbons (Fsp3) is 0.385. The number of carbonyl (C=O) groups excluding carboxylic acids is 2. The number of hydrogen-bond acceptors (Lipinski definition) is 8. The largest absolute Gasteiger partial charge is 0.507 e. The van der Waals surface area contributed by atoms with Gasteiger partial charge in [0.25, 0.3) is 11.7 Å². The van der Waals surface area contributed by atoms with E-state index in [1.165, 1.54) is 19.1 Å². The van der Waals surface area contributed by atoms with Gasteiger partial charge in [-0.3, -0.25) is 9.59 Å².